The van der Waals surface area contributed by atoms with Crippen molar-refractivity contribution in [2.24, 2.45) is 0 Å². The Hall–Kier alpha value is -4.17. The highest BCUT2D eigenvalue weighted by molar-refractivity contribution is 6.01. The van der Waals surface area contributed by atoms with Crippen LogP contribution in [-0.2, 0) is 25.7 Å². The monoisotopic (exact) mass is 446 g/mol. The summed E-state index contributed by atoms with van der Waals surface area (Å²) in [6.07, 6.45) is 8.04. The Bertz CT molecular complexity index is 1750. The topological polar surface area (TPSA) is 16.1 Å². The number of anilines is 3. The second kappa shape index (κ2) is 6.28. The Morgan fingerprint density at radius 3 is 2.23 bits per heavy atom. The number of aromatic nitrogens is 1. The first-order chi connectivity index (χ1) is 17.3. The Morgan fingerprint density at radius 1 is 0.543 bits per heavy atom. The van der Waals surface area contributed by atoms with Gasteiger partial charge in [-0.25, -0.2) is 0 Å². The van der Waals surface area contributed by atoms with E-state index in [2.05, 4.69) is 88.9 Å². The molecule has 0 N–H and O–H groups in total. The maximum atomic E-state index is 4.53. The van der Waals surface area contributed by atoms with Gasteiger partial charge in [-0.1, -0.05) is 60.7 Å². The lowest BCUT2D eigenvalue weighted by Crippen LogP contribution is -2.25. The van der Waals surface area contributed by atoms with Crippen molar-refractivity contribution >= 4 is 17.1 Å². The normalized spacial score (nSPS) is 14.9. The van der Waals surface area contributed by atoms with E-state index in [0.717, 1.165) is 25.7 Å². The van der Waals surface area contributed by atoms with E-state index in [-0.39, 0.29) is 0 Å². The highest BCUT2D eigenvalue weighted by Crippen LogP contribution is 2.57. The van der Waals surface area contributed by atoms with Gasteiger partial charge in [-0.3, -0.25) is 4.98 Å². The van der Waals surface area contributed by atoms with Gasteiger partial charge < -0.3 is 4.90 Å². The van der Waals surface area contributed by atoms with Crippen molar-refractivity contribution in [1.82, 2.24) is 4.98 Å². The quantitative estimate of drug-likeness (QED) is 0.240. The van der Waals surface area contributed by atoms with Gasteiger partial charge in [0, 0.05) is 24.7 Å². The van der Waals surface area contributed by atoms with Crippen LogP contribution in [0.4, 0.5) is 17.1 Å². The van der Waals surface area contributed by atoms with E-state index in [1.807, 2.05) is 6.20 Å². The molecule has 35 heavy (non-hydrogen) atoms. The fraction of sp³-hybridized carbons (Fsp3) is 0.121. The molecule has 0 spiro atoms. The number of hydrogen-bond donors (Lipinski definition) is 0. The summed E-state index contributed by atoms with van der Waals surface area (Å²) in [5, 5.41) is 0. The third kappa shape index (κ3) is 2.23. The van der Waals surface area contributed by atoms with E-state index < -0.39 is 0 Å². The lowest BCUT2D eigenvalue weighted by molar-refractivity contribution is 0.998. The Balaban J connectivity index is 1.38. The molecule has 0 radical (unpaired) electrons. The fourth-order valence-electron chi connectivity index (χ4n) is 7.21. The first-order valence-corrected chi connectivity index (χ1v) is 12.6. The minimum absolute atomic E-state index is 0.965. The summed E-state index contributed by atoms with van der Waals surface area (Å²) in [5.74, 6) is 0. The number of pyridine rings is 1. The number of rotatable bonds is 0. The minimum Gasteiger partial charge on any atom is -0.308 e. The van der Waals surface area contributed by atoms with Crippen LogP contribution in [0.5, 0.6) is 0 Å². The maximum absolute atomic E-state index is 4.53. The summed E-state index contributed by atoms with van der Waals surface area (Å²) in [6.45, 7) is 0. The van der Waals surface area contributed by atoms with Crippen LogP contribution < -0.4 is 4.90 Å². The van der Waals surface area contributed by atoms with Crippen molar-refractivity contribution in [3.63, 3.8) is 0 Å². The third-order valence-electron chi connectivity index (χ3n) is 8.57. The summed E-state index contributed by atoms with van der Waals surface area (Å²) >= 11 is 0. The lowest BCUT2D eigenvalue weighted by Gasteiger charge is -2.40. The molecule has 4 aromatic carbocycles. The first kappa shape index (κ1) is 18.2. The molecule has 2 nitrogen and oxygen atoms in total. The molecule has 0 fully saturated rings. The van der Waals surface area contributed by atoms with Gasteiger partial charge in [0.25, 0.3) is 0 Å². The summed E-state index contributed by atoms with van der Waals surface area (Å²) in [6, 6.07) is 27.4. The van der Waals surface area contributed by atoms with Gasteiger partial charge in [-0.2, -0.15) is 0 Å². The van der Waals surface area contributed by atoms with Crippen molar-refractivity contribution in [2.75, 3.05) is 4.90 Å². The molecule has 1 aromatic heterocycles. The van der Waals surface area contributed by atoms with Crippen LogP contribution in [0.15, 0.2) is 85.2 Å². The minimum atomic E-state index is 0.965. The van der Waals surface area contributed by atoms with E-state index in [1.165, 1.54) is 83.8 Å². The van der Waals surface area contributed by atoms with Crippen LogP contribution >= 0.6 is 0 Å². The van der Waals surface area contributed by atoms with Gasteiger partial charge >= 0.3 is 0 Å². The van der Waals surface area contributed by atoms with Crippen LogP contribution in [0.25, 0.3) is 22.3 Å². The highest BCUT2D eigenvalue weighted by Gasteiger charge is 2.38. The third-order valence-corrected chi connectivity index (χ3v) is 8.57. The van der Waals surface area contributed by atoms with Gasteiger partial charge in [0.15, 0.2) is 0 Å². The van der Waals surface area contributed by atoms with Gasteiger partial charge in [-0.15, -0.1) is 0 Å². The van der Waals surface area contributed by atoms with E-state index in [1.54, 1.807) is 0 Å². The second-order valence-electron chi connectivity index (χ2n) is 10.4. The van der Waals surface area contributed by atoms with Crippen LogP contribution in [0.3, 0.4) is 0 Å². The number of para-hydroxylation sites is 1. The van der Waals surface area contributed by atoms with E-state index in [0.29, 0.717) is 0 Å². The Morgan fingerprint density at radius 2 is 1.29 bits per heavy atom. The summed E-state index contributed by atoms with van der Waals surface area (Å²) in [5.41, 5.74) is 21.5. The zero-order chi connectivity index (χ0) is 22.7. The summed E-state index contributed by atoms with van der Waals surface area (Å²) in [4.78, 5) is 7.04. The maximum Gasteiger partial charge on any atom is 0.0680 e. The average Bonchev–Trinajstić information content (AvgIpc) is 3.46. The smallest absolute Gasteiger partial charge is 0.0680 e. The summed E-state index contributed by atoms with van der Waals surface area (Å²) < 4.78 is 0. The van der Waals surface area contributed by atoms with Crippen molar-refractivity contribution in [2.45, 2.75) is 25.7 Å². The molecule has 164 valence electrons. The van der Waals surface area contributed by atoms with Gasteiger partial charge in [0.05, 0.1) is 17.6 Å². The number of fused-ring (bicyclic) bond motifs is 12. The molecule has 0 saturated carbocycles. The molecule has 5 aromatic rings. The predicted molar refractivity (Wildman–Crippen MR) is 141 cm³/mol. The van der Waals surface area contributed by atoms with Gasteiger partial charge in [-0.05, 0) is 91.7 Å². The Kier molecular flexibility index (Phi) is 3.27. The second-order valence-corrected chi connectivity index (χ2v) is 10.4. The molecule has 0 unspecified atom stereocenters. The largest absolute Gasteiger partial charge is 0.308 e. The van der Waals surface area contributed by atoms with E-state index >= 15 is 0 Å². The average molecular weight is 447 g/mol. The molecular weight excluding hydrogens is 424 g/mol. The molecule has 0 bridgehead atoms. The molecule has 2 aliphatic heterocycles. The lowest BCUT2D eigenvalue weighted by atomic mass is 9.81. The standard InChI is InChI=1S/C33H22N2/c1-3-7-26-19(5-1)13-22-9-10-23-15-24-16-25-14-20-6-2-4-8-28(20)35-29-18-34-12-11-21(29)17-27(33(25)35)31(24)32(23)30(22)26/h1-12,16,18H,13-15,17H2. The number of nitrogens with zero attached hydrogens (tertiary/aromatic N) is 2. The van der Waals surface area contributed by atoms with Crippen molar-refractivity contribution in [3.05, 3.63) is 130 Å². The van der Waals surface area contributed by atoms with Crippen LogP contribution in [0, 0.1) is 0 Å². The molecular formula is C33H22N2. The summed E-state index contributed by atoms with van der Waals surface area (Å²) in [7, 11) is 0. The van der Waals surface area contributed by atoms with Gasteiger partial charge in [0.2, 0.25) is 0 Å². The fourth-order valence-corrected chi connectivity index (χ4v) is 7.21. The van der Waals surface area contributed by atoms with Gasteiger partial charge in [0.1, 0.15) is 0 Å². The zero-order valence-corrected chi connectivity index (χ0v) is 19.3. The molecule has 9 rings (SSSR count). The molecule has 0 saturated heterocycles. The Labute approximate surface area is 204 Å². The van der Waals surface area contributed by atoms with Crippen LogP contribution in [0.1, 0.15) is 44.5 Å². The van der Waals surface area contributed by atoms with E-state index in [4.69, 9.17) is 0 Å². The molecule has 2 aliphatic carbocycles. The van der Waals surface area contributed by atoms with Crippen molar-refractivity contribution < 1.29 is 0 Å². The zero-order valence-electron chi connectivity index (χ0n) is 19.3. The van der Waals surface area contributed by atoms with Crippen LogP contribution in [-0.4, -0.2) is 4.98 Å². The van der Waals surface area contributed by atoms with Crippen molar-refractivity contribution in [1.29, 1.82) is 0 Å². The molecule has 0 amide bonds. The highest BCUT2D eigenvalue weighted by atomic mass is 15.2. The molecule has 2 heteroatoms. The molecule has 0 atom stereocenters. The molecule has 4 aliphatic rings. The number of benzene rings is 4. The molecule has 3 heterocycles. The van der Waals surface area contributed by atoms with Crippen LogP contribution in [0.2, 0.25) is 0 Å². The first-order valence-electron chi connectivity index (χ1n) is 12.6. The van der Waals surface area contributed by atoms with E-state index in [9.17, 15) is 0 Å². The predicted octanol–water partition coefficient (Wildman–Crippen LogP) is 7.50. The number of hydrogen-bond acceptors (Lipinski definition) is 2. The SMILES string of the molecule is c1ccc2c(c1)Cc1ccc3c(c1-2)-c1c(cc2c4c1Cc1ccncc1N4c1ccccc1C2)C3. The van der Waals surface area contributed by atoms with Crippen molar-refractivity contribution in [3.8, 4) is 22.3 Å².